The van der Waals surface area contributed by atoms with Gasteiger partial charge in [0.1, 0.15) is 5.78 Å². The number of rotatable bonds is 4. The molecule has 3 heteroatoms. The van der Waals surface area contributed by atoms with Crippen LogP contribution in [0.25, 0.3) is 0 Å². The fourth-order valence-corrected chi connectivity index (χ4v) is 1.24. The lowest BCUT2D eigenvalue weighted by molar-refractivity contribution is -0.121. The van der Waals surface area contributed by atoms with Crippen LogP contribution in [-0.2, 0) is 14.3 Å². The molecule has 0 aromatic rings. The van der Waals surface area contributed by atoms with E-state index in [2.05, 4.69) is 5.87 Å². The lowest BCUT2D eigenvalue weighted by atomic mass is 10.1. The van der Waals surface area contributed by atoms with E-state index in [1.54, 1.807) is 6.26 Å². The molecule has 0 bridgehead atoms. The number of hydrogen-bond acceptors (Lipinski definition) is 2. The zero-order valence-electron chi connectivity index (χ0n) is 7.42. The summed E-state index contributed by atoms with van der Waals surface area (Å²) in [6, 6.07) is 0. The van der Waals surface area contributed by atoms with Crippen LogP contribution in [0.5, 0.6) is 0 Å². The summed E-state index contributed by atoms with van der Waals surface area (Å²) in [6.45, 7) is 3.70. The molecule has 0 aromatic heterocycles. The first-order valence-corrected chi connectivity index (χ1v) is 5.96. The Labute approximate surface area is 69.0 Å². The average Bonchev–Trinajstić information content (AvgIpc) is 1.80. The Morgan fingerprint density at radius 2 is 2.00 bits per heavy atom. The minimum atomic E-state index is -1.97. The number of carbonyl (C=O) groups excluding carboxylic acids is 1. The molecule has 66 valence electrons. The van der Waals surface area contributed by atoms with Crippen LogP contribution >= 0.6 is 0 Å². The molecule has 0 N–H and O–H groups in total. The highest BCUT2D eigenvalue weighted by Crippen LogP contribution is 2.00. The summed E-state index contributed by atoms with van der Waals surface area (Å²) in [4.78, 5) is 11.0. The van der Waals surface area contributed by atoms with Crippen molar-refractivity contribution in [3.8, 4) is 0 Å². The predicted molar refractivity (Wildman–Crippen MR) is 50.5 cm³/mol. The van der Waals surface area contributed by atoms with Crippen molar-refractivity contribution in [3.63, 3.8) is 0 Å². The van der Waals surface area contributed by atoms with E-state index in [1.807, 2.05) is 13.8 Å². The maximum absolute atomic E-state index is 11.1. The van der Waals surface area contributed by atoms with Crippen LogP contribution in [0.4, 0.5) is 0 Å². The minimum absolute atomic E-state index is 0.0525. The Kier molecular flexibility index (Phi) is 3.79. The highest BCUT2D eigenvalue weighted by molar-refractivity contribution is 7.99. The van der Waals surface area contributed by atoms with Crippen LogP contribution in [0.15, 0.2) is 0 Å². The molecule has 0 fully saturated rings. The highest BCUT2D eigenvalue weighted by Gasteiger charge is 2.07. The summed E-state index contributed by atoms with van der Waals surface area (Å²) in [5, 5.41) is 0. The monoisotopic (exact) mass is 176 g/mol. The molecule has 0 saturated carbocycles. The molecular formula is C8H16O2S. The van der Waals surface area contributed by atoms with Gasteiger partial charge < -0.3 is 0 Å². The molecule has 0 aliphatic rings. The standard InChI is InChI=1S/C8H16O2S/c1-7(2)8(9)5-6-11(3,4)10/h7H,3,5-6H2,1-2,4H3. The number of Topliss-reactive ketones (excluding diaryl/α,β-unsaturated/α-hetero) is 1. The molecule has 0 aromatic carbocycles. The molecule has 0 spiro atoms. The largest absolute Gasteiger partial charge is 0.299 e. The smallest absolute Gasteiger partial charge is 0.136 e. The van der Waals surface area contributed by atoms with Crippen molar-refractivity contribution < 1.29 is 9.00 Å². The third-order valence-electron chi connectivity index (χ3n) is 1.42. The molecule has 1 atom stereocenters. The average molecular weight is 176 g/mol. The summed E-state index contributed by atoms with van der Waals surface area (Å²) in [7, 11) is -1.97. The first-order valence-electron chi connectivity index (χ1n) is 3.65. The van der Waals surface area contributed by atoms with Gasteiger partial charge in [-0.3, -0.25) is 9.00 Å². The Morgan fingerprint density at radius 3 is 2.27 bits per heavy atom. The van der Waals surface area contributed by atoms with Gasteiger partial charge in [0.05, 0.1) is 0 Å². The van der Waals surface area contributed by atoms with E-state index in [4.69, 9.17) is 0 Å². The predicted octanol–water partition coefficient (Wildman–Crippen LogP) is 0.948. The SMILES string of the molecule is C=S(C)(=O)CCC(=O)C(C)C. The first-order chi connectivity index (χ1) is 4.83. The molecule has 0 radical (unpaired) electrons. The Morgan fingerprint density at radius 1 is 1.55 bits per heavy atom. The summed E-state index contributed by atoms with van der Waals surface area (Å²) in [5.41, 5.74) is 0. The van der Waals surface area contributed by atoms with Crippen LogP contribution in [0, 0.1) is 5.92 Å². The molecule has 0 saturated heterocycles. The zero-order chi connectivity index (χ0) is 9.07. The molecular weight excluding hydrogens is 160 g/mol. The fourth-order valence-electron chi connectivity index (χ4n) is 0.605. The van der Waals surface area contributed by atoms with Gasteiger partial charge >= 0.3 is 0 Å². The number of carbonyl (C=O) groups is 1. The molecule has 0 rings (SSSR count). The van der Waals surface area contributed by atoms with Crippen molar-refractivity contribution in [1.29, 1.82) is 0 Å². The third kappa shape index (κ3) is 6.10. The topological polar surface area (TPSA) is 34.1 Å². The van der Waals surface area contributed by atoms with Gasteiger partial charge in [-0.15, -0.1) is 0 Å². The third-order valence-corrected chi connectivity index (χ3v) is 2.49. The maximum Gasteiger partial charge on any atom is 0.136 e. The van der Waals surface area contributed by atoms with Crippen LogP contribution in [-0.4, -0.2) is 27.9 Å². The van der Waals surface area contributed by atoms with E-state index in [0.29, 0.717) is 12.2 Å². The second-order valence-corrected chi connectivity index (χ2v) is 6.03. The summed E-state index contributed by atoms with van der Waals surface area (Å²) in [5.74, 6) is 4.12. The second kappa shape index (κ2) is 3.90. The molecule has 0 aliphatic heterocycles. The van der Waals surface area contributed by atoms with Gasteiger partial charge in [0, 0.05) is 24.3 Å². The van der Waals surface area contributed by atoms with Crippen LogP contribution in [0.1, 0.15) is 20.3 Å². The second-order valence-electron chi connectivity index (χ2n) is 3.26. The van der Waals surface area contributed by atoms with E-state index in [9.17, 15) is 9.00 Å². The maximum atomic E-state index is 11.1. The van der Waals surface area contributed by atoms with Crippen molar-refractivity contribution in [2.75, 3.05) is 12.0 Å². The molecule has 0 heterocycles. The Bertz CT molecular complexity index is 224. The van der Waals surface area contributed by atoms with Gasteiger partial charge in [-0.25, -0.2) is 0 Å². The summed E-state index contributed by atoms with van der Waals surface area (Å²) in [6.07, 6.45) is 1.98. The Hall–Kier alpha value is -0.310. The van der Waals surface area contributed by atoms with Gasteiger partial charge in [-0.1, -0.05) is 13.8 Å². The first kappa shape index (κ1) is 10.7. The minimum Gasteiger partial charge on any atom is -0.299 e. The van der Waals surface area contributed by atoms with Crippen molar-refractivity contribution in [1.82, 2.24) is 0 Å². The quantitative estimate of drug-likeness (QED) is 0.598. The van der Waals surface area contributed by atoms with Crippen LogP contribution < -0.4 is 0 Å². The van der Waals surface area contributed by atoms with Gasteiger partial charge in [0.15, 0.2) is 0 Å². The van der Waals surface area contributed by atoms with Gasteiger partial charge in [-0.05, 0) is 15.4 Å². The van der Waals surface area contributed by atoms with Crippen molar-refractivity contribution in [3.05, 3.63) is 0 Å². The summed E-state index contributed by atoms with van der Waals surface area (Å²) < 4.78 is 11.1. The van der Waals surface area contributed by atoms with Crippen LogP contribution in [0.3, 0.4) is 0 Å². The van der Waals surface area contributed by atoms with E-state index < -0.39 is 9.52 Å². The molecule has 0 aliphatic carbocycles. The fraction of sp³-hybridized carbons (Fsp3) is 0.750. The highest BCUT2D eigenvalue weighted by atomic mass is 32.2. The number of ketones is 1. The zero-order valence-corrected chi connectivity index (χ0v) is 8.24. The molecule has 2 nitrogen and oxygen atoms in total. The summed E-state index contributed by atoms with van der Waals surface area (Å²) >= 11 is 0. The Balaban J connectivity index is 3.83. The van der Waals surface area contributed by atoms with E-state index in [-0.39, 0.29) is 11.7 Å². The van der Waals surface area contributed by atoms with E-state index in [0.717, 1.165) is 0 Å². The molecule has 1 unspecified atom stereocenters. The lowest BCUT2D eigenvalue weighted by Crippen LogP contribution is -2.13. The van der Waals surface area contributed by atoms with Crippen molar-refractivity contribution >= 4 is 21.2 Å². The van der Waals surface area contributed by atoms with Gasteiger partial charge in [0.25, 0.3) is 0 Å². The molecule has 11 heavy (non-hydrogen) atoms. The molecule has 0 amide bonds. The number of hydrogen-bond donors (Lipinski definition) is 0. The lowest BCUT2D eigenvalue weighted by Gasteiger charge is -2.03. The van der Waals surface area contributed by atoms with Crippen molar-refractivity contribution in [2.45, 2.75) is 20.3 Å². The van der Waals surface area contributed by atoms with Gasteiger partial charge in [0.2, 0.25) is 0 Å². The van der Waals surface area contributed by atoms with E-state index in [1.165, 1.54) is 0 Å². The van der Waals surface area contributed by atoms with E-state index >= 15 is 0 Å². The van der Waals surface area contributed by atoms with Crippen molar-refractivity contribution in [2.24, 2.45) is 5.92 Å². The van der Waals surface area contributed by atoms with Crippen LogP contribution in [0.2, 0.25) is 0 Å². The van der Waals surface area contributed by atoms with Gasteiger partial charge in [-0.2, -0.15) is 0 Å². The normalized spacial score (nSPS) is 16.4.